The van der Waals surface area contributed by atoms with Crippen LogP contribution in [0.4, 0.5) is 21.8 Å². The Morgan fingerprint density at radius 2 is 1.81 bits per heavy atom. The van der Waals surface area contributed by atoms with Gasteiger partial charge in [-0.15, -0.1) is 0 Å². The van der Waals surface area contributed by atoms with Gasteiger partial charge in [0.2, 0.25) is 5.95 Å². The average molecular weight is 438 g/mol. The molecule has 1 aromatic carbocycles. The SMILES string of the molecule is COc1ncc(-c2cnc(Nc3ccc(F)c(Cl)c3)nc2NCc2ccncc2)cn1. The van der Waals surface area contributed by atoms with Crippen molar-refractivity contribution in [3.8, 4) is 17.1 Å². The molecule has 156 valence electrons. The van der Waals surface area contributed by atoms with Crippen LogP contribution in [-0.2, 0) is 6.54 Å². The fraction of sp³-hybridized carbons (Fsp3) is 0.0952. The summed E-state index contributed by atoms with van der Waals surface area (Å²) in [5, 5.41) is 6.35. The highest BCUT2D eigenvalue weighted by atomic mass is 35.5. The van der Waals surface area contributed by atoms with Gasteiger partial charge in [0.05, 0.1) is 12.1 Å². The maximum absolute atomic E-state index is 13.4. The summed E-state index contributed by atoms with van der Waals surface area (Å²) < 4.78 is 18.5. The van der Waals surface area contributed by atoms with Crippen molar-refractivity contribution in [1.29, 1.82) is 0 Å². The molecule has 31 heavy (non-hydrogen) atoms. The summed E-state index contributed by atoms with van der Waals surface area (Å²) in [6.45, 7) is 0.519. The molecule has 0 aliphatic carbocycles. The summed E-state index contributed by atoms with van der Waals surface area (Å²) >= 11 is 5.86. The van der Waals surface area contributed by atoms with E-state index in [1.807, 2.05) is 12.1 Å². The molecular formula is C21H17ClFN7O. The minimum atomic E-state index is -0.498. The van der Waals surface area contributed by atoms with Crippen LogP contribution in [0.25, 0.3) is 11.1 Å². The third-order valence-electron chi connectivity index (χ3n) is 4.30. The molecule has 10 heteroatoms. The zero-order chi connectivity index (χ0) is 21.6. The van der Waals surface area contributed by atoms with E-state index in [4.69, 9.17) is 16.3 Å². The molecule has 0 aliphatic heterocycles. The number of halogens is 2. The first-order valence-electron chi connectivity index (χ1n) is 9.20. The van der Waals surface area contributed by atoms with E-state index in [1.54, 1.807) is 37.1 Å². The van der Waals surface area contributed by atoms with E-state index in [9.17, 15) is 4.39 Å². The van der Waals surface area contributed by atoms with E-state index < -0.39 is 5.82 Å². The molecule has 0 radical (unpaired) electrons. The number of aromatic nitrogens is 5. The average Bonchev–Trinajstić information content (AvgIpc) is 2.81. The molecule has 0 spiro atoms. The summed E-state index contributed by atoms with van der Waals surface area (Å²) in [5.41, 5.74) is 3.02. The van der Waals surface area contributed by atoms with Crippen LogP contribution in [0.2, 0.25) is 5.02 Å². The number of methoxy groups -OCH3 is 1. The van der Waals surface area contributed by atoms with Crippen molar-refractivity contribution < 1.29 is 9.13 Å². The first kappa shape index (κ1) is 20.4. The summed E-state index contributed by atoms with van der Waals surface area (Å²) in [7, 11) is 1.50. The molecule has 0 saturated heterocycles. The number of benzene rings is 1. The lowest BCUT2D eigenvalue weighted by molar-refractivity contribution is 0.380. The Morgan fingerprint density at radius 1 is 1.03 bits per heavy atom. The predicted octanol–water partition coefficient (Wildman–Crippen LogP) is 4.49. The molecular weight excluding hydrogens is 421 g/mol. The van der Waals surface area contributed by atoms with Crippen molar-refractivity contribution >= 4 is 29.1 Å². The molecule has 0 saturated carbocycles. The molecule has 0 unspecified atom stereocenters. The maximum atomic E-state index is 13.4. The van der Waals surface area contributed by atoms with Gasteiger partial charge in [-0.3, -0.25) is 4.98 Å². The fourth-order valence-corrected chi connectivity index (χ4v) is 2.92. The third kappa shape index (κ3) is 5.01. The van der Waals surface area contributed by atoms with E-state index in [2.05, 4.69) is 35.6 Å². The summed E-state index contributed by atoms with van der Waals surface area (Å²) in [5.74, 6) is 0.386. The lowest BCUT2D eigenvalue weighted by Crippen LogP contribution is -2.07. The van der Waals surface area contributed by atoms with Gasteiger partial charge in [0.15, 0.2) is 0 Å². The molecule has 3 heterocycles. The zero-order valence-electron chi connectivity index (χ0n) is 16.4. The topological polar surface area (TPSA) is 97.7 Å². The minimum Gasteiger partial charge on any atom is -0.467 e. The Morgan fingerprint density at radius 3 is 2.52 bits per heavy atom. The van der Waals surface area contributed by atoms with Crippen LogP contribution in [0.3, 0.4) is 0 Å². The van der Waals surface area contributed by atoms with Gasteiger partial charge < -0.3 is 15.4 Å². The Bertz CT molecular complexity index is 1180. The molecule has 3 aromatic heterocycles. The van der Waals surface area contributed by atoms with E-state index in [0.717, 1.165) is 11.1 Å². The van der Waals surface area contributed by atoms with Crippen molar-refractivity contribution in [3.63, 3.8) is 0 Å². The maximum Gasteiger partial charge on any atom is 0.316 e. The quantitative estimate of drug-likeness (QED) is 0.436. The van der Waals surface area contributed by atoms with Crippen LogP contribution in [0, 0.1) is 5.82 Å². The highest BCUT2D eigenvalue weighted by Gasteiger charge is 2.12. The normalized spacial score (nSPS) is 10.5. The van der Waals surface area contributed by atoms with Crippen LogP contribution in [0.15, 0.2) is 61.3 Å². The lowest BCUT2D eigenvalue weighted by Gasteiger charge is -2.13. The smallest absolute Gasteiger partial charge is 0.316 e. The number of nitrogens with zero attached hydrogens (tertiary/aromatic N) is 5. The van der Waals surface area contributed by atoms with Crippen LogP contribution in [-0.4, -0.2) is 32.0 Å². The second-order valence-electron chi connectivity index (χ2n) is 6.38. The molecule has 0 fully saturated rings. The number of ether oxygens (including phenoxy) is 1. The van der Waals surface area contributed by atoms with Gasteiger partial charge in [-0.05, 0) is 35.9 Å². The van der Waals surface area contributed by atoms with Crippen molar-refractivity contribution in [2.75, 3.05) is 17.7 Å². The third-order valence-corrected chi connectivity index (χ3v) is 4.59. The monoisotopic (exact) mass is 437 g/mol. The van der Waals surface area contributed by atoms with E-state index in [0.29, 0.717) is 29.6 Å². The molecule has 4 aromatic rings. The highest BCUT2D eigenvalue weighted by molar-refractivity contribution is 6.31. The van der Waals surface area contributed by atoms with Crippen LogP contribution in [0.5, 0.6) is 6.01 Å². The van der Waals surface area contributed by atoms with Gasteiger partial charge in [-0.2, -0.15) is 4.98 Å². The first-order chi connectivity index (χ1) is 15.1. The largest absolute Gasteiger partial charge is 0.467 e. The van der Waals surface area contributed by atoms with Crippen LogP contribution < -0.4 is 15.4 Å². The lowest BCUT2D eigenvalue weighted by atomic mass is 10.1. The van der Waals surface area contributed by atoms with E-state index >= 15 is 0 Å². The van der Waals surface area contributed by atoms with Gasteiger partial charge in [0.1, 0.15) is 11.6 Å². The number of pyridine rings is 1. The Kier molecular flexibility index (Phi) is 6.13. The number of hydrogen-bond acceptors (Lipinski definition) is 8. The second kappa shape index (κ2) is 9.31. The van der Waals surface area contributed by atoms with Crippen LogP contribution in [0.1, 0.15) is 5.56 Å². The summed E-state index contributed by atoms with van der Waals surface area (Å²) in [6, 6.07) is 8.38. The minimum absolute atomic E-state index is 0.00744. The fourth-order valence-electron chi connectivity index (χ4n) is 2.74. The molecule has 4 rings (SSSR count). The van der Waals surface area contributed by atoms with E-state index in [-0.39, 0.29) is 11.0 Å². The highest BCUT2D eigenvalue weighted by Crippen LogP contribution is 2.28. The standard InChI is InChI=1S/C21H17ClFN7O/c1-31-21-27-10-14(11-28-21)16-12-26-20(29-15-2-3-18(23)17(22)8-15)30-19(16)25-9-13-4-6-24-7-5-13/h2-8,10-12H,9H2,1H3,(H2,25,26,29,30). The predicted molar refractivity (Wildman–Crippen MR) is 116 cm³/mol. The molecule has 0 atom stereocenters. The Labute approximate surface area is 182 Å². The zero-order valence-corrected chi connectivity index (χ0v) is 17.1. The Balaban J connectivity index is 1.65. The number of nitrogens with one attached hydrogen (secondary N) is 2. The number of hydrogen-bond donors (Lipinski definition) is 2. The molecule has 0 bridgehead atoms. The van der Waals surface area contributed by atoms with Crippen molar-refractivity contribution in [1.82, 2.24) is 24.9 Å². The molecule has 0 aliphatic rings. The number of anilines is 3. The van der Waals surface area contributed by atoms with Gasteiger partial charge in [0.25, 0.3) is 0 Å². The van der Waals surface area contributed by atoms with Gasteiger partial charge >= 0.3 is 6.01 Å². The summed E-state index contributed by atoms with van der Waals surface area (Å²) in [4.78, 5) is 21.3. The second-order valence-corrected chi connectivity index (χ2v) is 6.78. The van der Waals surface area contributed by atoms with Crippen molar-refractivity contribution in [3.05, 3.63) is 77.7 Å². The molecule has 0 amide bonds. The van der Waals surface area contributed by atoms with Gasteiger partial charge in [0, 0.05) is 54.3 Å². The van der Waals surface area contributed by atoms with Gasteiger partial charge in [-0.1, -0.05) is 11.6 Å². The van der Waals surface area contributed by atoms with Crippen LogP contribution >= 0.6 is 11.6 Å². The van der Waals surface area contributed by atoms with Gasteiger partial charge in [-0.25, -0.2) is 19.3 Å². The Hall–Kier alpha value is -3.85. The first-order valence-corrected chi connectivity index (χ1v) is 9.58. The molecule has 2 N–H and O–H groups in total. The summed E-state index contributed by atoms with van der Waals surface area (Å²) in [6.07, 6.45) is 8.37. The molecule has 8 nitrogen and oxygen atoms in total. The van der Waals surface area contributed by atoms with Crippen molar-refractivity contribution in [2.45, 2.75) is 6.54 Å². The number of rotatable bonds is 7. The van der Waals surface area contributed by atoms with Crippen molar-refractivity contribution in [2.24, 2.45) is 0 Å². The van der Waals surface area contributed by atoms with E-state index in [1.165, 1.54) is 19.2 Å².